The summed E-state index contributed by atoms with van der Waals surface area (Å²) in [6, 6.07) is 3.05. The minimum absolute atomic E-state index is 0.00773. The second-order valence-electron chi connectivity index (χ2n) is 8.22. The lowest BCUT2D eigenvalue weighted by molar-refractivity contribution is -0.166. The highest BCUT2D eigenvalue weighted by atomic mass is 32.2. The molecule has 1 aromatic carbocycles. The van der Waals surface area contributed by atoms with Crippen LogP contribution >= 0.6 is 11.8 Å². The van der Waals surface area contributed by atoms with Crippen LogP contribution in [0.2, 0.25) is 0 Å². The zero-order chi connectivity index (χ0) is 24.4. The number of carboxylic acid groups (broad SMARTS) is 1. The van der Waals surface area contributed by atoms with Gasteiger partial charge in [0.1, 0.15) is 19.3 Å². The number of nitrogens with zero attached hydrogens (tertiary/aromatic N) is 2. The molecular weight excluding hydrogens is 466 g/mol. The molecule has 11 nitrogen and oxygen atoms in total. The van der Waals surface area contributed by atoms with Crippen molar-refractivity contribution in [3.8, 4) is 11.5 Å². The zero-order valence-electron chi connectivity index (χ0n) is 18.5. The third-order valence-corrected chi connectivity index (χ3v) is 6.86. The maximum absolute atomic E-state index is 13.2. The first-order valence-corrected chi connectivity index (χ1v) is 11.8. The third kappa shape index (κ3) is 4.96. The number of rotatable bonds is 6. The molecule has 2 fully saturated rings. The minimum atomic E-state index is -1.21. The van der Waals surface area contributed by atoms with Crippen molar-refractivity contribution in [2.75, 3.05) is 19.8 Å². The smallest absolute Gasteiger partial charge is 0.328 e. The number of aliphatic carboxylic acids is 1. The Hall–Kier alpha value is -3.28. The number of carboxylic acids is 1. The first-order valence-electron chi connectivity index (χ1n) is 11.0. The number of fused-ring (bicyclic) bond motifs is 2. The fourth-order valence-corrected chi connectivity index (χ4v) is 5.14. The van der Waals surface area contributed by atoms with E-state index in [4.69, 9.17) is 9.47 Å². The van der Waals surface area contributed by atoms with Crippen LogP contribution in [0.1, 0.15) is 31.7 Å². The van der Waals surface area contributed by atoms with Crippen LogP contribution in [0, 0.1) is 0 Å². The number of nitrogens with one attached hydrogen (secondary N) is 1. The van der Waals surface area contributed by atoms with E-state index in [1.165, 1.54) is 6.92 Å². The Labute approximate surface area is 199 Å². The van der Waals surface area contributed by atoms with Gasteiger partial charge in [0.2, 0.25) is 11.8 Å². The van der Waals surface area contributed by atoms with Gasteiger partial charge in [-0.3, -0.25) is 24.2 Å². The van der Waals surface area contributed by atoms with Gasteiger partial charge in [0, 0.05) is 26.3 Å². The summed E-state index contributed by atoms with van der Waals surface area (Å²) in [6.07, 6.45) is 0.358. The number of thioether (sulfide) groups is 1. The van der Waals surface area contributed by atoms with E-state index in [-0.39, 0.29) is 43.3 Å². The van der Waals surface area contributed by atoms with Gasteiger partial charge in [0.15, 0.2) is 22.7 Å². The van der Waals surface area contributed by atoms with Crippen molar-refractivity contribution in [1.82, 2.24) is 15.3 Å². The van der Waals surface area contributed by atoms with E-state index in [0.717, 1.165) is 27.3 Å². The quantitative estimate of drug-likeness (QED) is 0.576. The molecule has 1 aromatic rings. The molecule has 182 valence electrons. The number of benzene rings is 1. The molecule has 3 amide bonds. The number of amides is 3. The molecular formula is C22H25N3O8S. The van der Waals surface area contributed by atoms with Crippen molar-refractivity contribution >= 4 is 40.6 Å². The molecule has 3 atom stereocenters. The van der Waals surface area contributed by atoms with Crippen LogP contribution in [0.5, 0.6) is 11.5 Å². The molecule has 3 aliphatic heterocycles. The third-order valence-electron chi connectivity index (χ3n) is 5.86. The molecule has 0 bridgehead atoms. The van der Waals surface area contributed by atoms with Crippen LogP contribution in [-0.2, 0) is 30.4 Å². The molecule has 2 unspecified atom stereocenters. The molecule has 0 aliphatic carbocycles. The molecule has 3 heterocycles. The first kappa shape index (κ1) is 23.9. The molecule has 3 aliphatic rings. The summed E-state index contributed by atoms with van der Waals surface area (Å²) in [4.78, 5) is 62.2. The lowest BCUT2D eigenvalue weighted by Crippen LogP contribution is -2.55. The zero-order valence-corrected chi connectivity index (χ0v) is 19.3. The summed E-state index contributed by atoms with van der Waals surface area (Å²) in [7, 11) is 0. The molecule has 12 heteroatoms. The molecule has 0 spiro atoms. The van der Waals surface area contributed by atoms with Crippen molar-refractivity contribution in [3.63, 3.8) is 0 Å². The fraction of sp³-hybridized carbons (Fsp3) is 0.500. The SMILES string of the molecule is CC(=O)S[C@@H](Cc1ccc2c(c1)OCCO2)C(=O)NC1CCC(=O)N2CCC(C(=O)O)N2C1=O. The summed E-state index contributed by atoms with van der Waals surface area (Å²) in [6.45, 7) is 2.35. The largest absolute Gasteiger partial charge is 0.486 e. The highest BCUT2D eigenvalue weighted by Gasteiger charge is 2.47. The van der Waals surface area contributed by atoms with Gasteiger partial charge in [-0.15, -0.1) is 0 Å². The summed E-state index contributed by atoms with van der Waals surface area (Å²) in [5, 5.41) is 13.1. The highest BCUT2D eigenvalue weighted by Crippen LogP contribution is 2.32. The predicted molar refractivity (Wildman–Crippen MR) is 119 cm³/mol. The lowest BCUT2D eigenvalue weighted by atomic mass is 10.1. The van der Waals surface area contributed by atoms with Crippen LogP contribution in [-0.4, -0.2) is 81.0 Å². The van der Waals surface area contributed by atoms with Gasteiger partial charge in [0.25, 0.3) is 5.91 Å². The summed E-state index contributed by atoms with van der Waals surface area (Å²) in [5.74, 6) is -1.59. The number of carbonyl (C=O) groups excluding carboxylic acids is 4. The lowest BCUT2D eigenvalue weighted by Gasteiger charge is -2.30. The number of hydrazine groups is 1. The average Bonchev–Trinajstić information content (AvgIpc) is 3.21. The molecule has 0 aromatic heterocycles. The van der Waals surface area contributed by atoms with Gasteiger partial charge in [-0.25, -0.2) is 9.80 Å². The predicted octanol–water partition coefficient (Wildman–Crippen LogP) is 0.356. The Morgan fingerprint density at radius 3 is 2.62 bits per heavy atom. The van der Waals surface area contributed by atoms with Gasteiger partial charge < -0.3 is 19.9 Å². The van der Waals surface area contributed by atoms with E-state index >= 15 is 0 Å². The van der Waals surface area contributed by atoms with Gasteiger partial charge >= 0.3 is 5.97 Å². The second-order valence-corrected chi connectivity index (χ2v) is 9.60. The van der Waals surface area contributed by atoms with Gasteiger partial charge in [-0.1, -0.05) is 17.8 Å². The standard InChI is InChI=1S/C22H25N3O8S/c1-12(26)34-18(11-13-2-4-16-17(10-13)33-9-8-32-16)20(28)23-14-3-5-19(27)24-7-6-15(22(30)31)25(24)21(14)29/h2,4,10,14-15,18H,3,5-9,11H2,1H3,(H,23,28)(H,30,31)/t14?,15?,18-/m0/s1. The Morgan fingerprint density at radius 2 is 1.91 bits per heavy atom. The molecule has 2 N–H and O–H groups in total. The van der Waals surface area contributed by atoms with Crippen LogP contribution in [0.15, 0.2) is 18.2 Å². The molecule has 0 saturated carbocycles. The number of hydrogen-bond donors (Lipinski definition) is 2. The topological polar surface area (TPSA) is 143 Å². The van der Waals surface area contributed by atoms with E-state index in [9.17, 15) is 29.1 Å². The summed E-state index contributed by atoms with van der Waals surface area (Å²) in [5.41, 5.74) is 0.747. The molecule has 2 saturated heterocycles. The maximum atomic E-state index is 13.2. The van der Waals surface area contributed by atoms with Crippen molar-refractivity contribution in [1.29, 1.82) is 0 Å². The molecule has 0 radical (unpaired) electrons. The van der Waals surface area contributed by atoms with E-state index in [2.05, 4.69) is 5.32 Å². The van der Waals surface area contributed by atoms with Crippen molar-refractivity contribution in [3.05, 3.63) is 23.8 Å². The van der Waals surface area contributed by atoms with E-state index in [0.29, 0.717) is 24.7 Å². The van der Waals surface area contributed by atoms with Gasteiger partial charge in [-0.05, 0) is 30.5 Å². The van der Waals surface area contributed by atoms with Crippen molar-refractivity contribution < 1.29 is 38.6 Å². The number of carbonyl (C=O) groups is 5. The van der Waals surface area contributed by atoms with Crippen molar-refractivity contribution in [2.24, 2.45) is 0 Å². The fourth-order valence-electron chi connectivity index (χ4n) is 4.28. The average molecular weight is 492 g/mol. The van der Waals surface area contributed by atoms with E-state index < -0.39 is 35.1 Å². The van der Waals surface area contributed by atoms with E-state index in [1.54, 1.807) is 18.2 Å². The van der Waals surface area contributed by atoms with Crippen LogP contribution in [0.3, 0.4) is 0 Å². The van der Waals surface area contributed by atoms with Crippen LogP contribution in [0.4, 0.5) is 0 Å². The Balaban J connectivity index is 1.50. The normalized spacial score (nSPS) is 22.6. The van der Waals surface area contributed by atoms with Gasteiger partial charge in [0.05, 0.1) is 5.25 Å². The molecule has 34 heavy (non-hydrogen) atoms. The maximum Gasteiger partial charge on any atom is 0.328 e. The Kier molecular flexibility index (Phi) is 6.96. The van der Waals surface area contributed by atoms with Crippen molar-refractivity contribution in [2.45, 2.75) is 49.9 Å². The second kappa shape index (κ2) is 9.92. The monoisotopic (exact) mass is 491 g/mol. The highest BCUT2D eigenvalue weighted by molar-refractivity contribution is 8.14. The summed E-state index contributed by atoms with van der Waals surface area (Å²) >= 11 is 0.841. The number of ether oxygens (including phenoxy) is 2. The summed E-state index contributed by atoms with van der Waals surface area (Å²) < 4.78 is 11.1. The number of hydrogen-bond acceptors (Lipinski definition) is 8. The first-order chi connectivity index (χ1) is 16.2. The van der Waals surface area contributed by atoms with Gasteiger partial charge in [-0.2, -0.15) is 0 Å². The van der Waals surface area contributed by atoms with E-state index in [1.807, 2.05) is 0 Å². The van der Waals surface area contributed by atoms with Crippen LogP contribution in [0.25, 0.3) is 0 Å². The molecule has 4 rings (SSSR count). The minimum Gasteiger partial charge on any atom is -0.486 e. The Morgan fingerprint density at radius 1 is 1.18 bits per heavy atom. The Bertz CT molecular complexity index is 1030. The van der Waals surface area contributed by atoms with Crippen LogP contribution < -0.4 is 14.8 Å².